The number of nitrogens with one attached hydrogen (secondary N) is 1. The number of rotatable bonds is 4. The van der Waals surface area contributed by atoms with Crippen LogP contribution < -0.4 is 10.2 Å². The second-order valence-electron chi connectivity index (χ2n) is 7.73. The molecule has 7 nitrogen and oxygen atoms in total. The maximum absolute atomic E-state index is 12.4. The second-order valence-corrected chi connectivity index (χ2v) is 7.73. The molecule has 0 atom stereocenters. The molecular formula is C20H27N5O2. The van der Waals surface area contributed by atoms with Crippen LogP contribution >= 0.6 is 0 Å². The first-order valence-electron chi connectivity index (χ1n) is 9.26. The zero-order chi connectivity index (χ0) is 19.4. The van der Waals surface area contributed by atoms with Crippen molar-refractivity contribution in [1.29, 1.82) is 0 Å². The molecule has 0 saturated carbocycles. The van der Waals surface area contributed by atoms with Gasteiger partial charge < -0.3 is 15.1 Å². The largest absolute Gasteiger partial charge is 0.368 e. The molecular weight excluding hydrogens is 342 g/mol. The average molecular weight is 369 g/mol. The first-order chi connectivity index (χ1) is 12.8. The summed E-state index contributed by atoms with van der Waals surface area (Å²) in [6, 6.07) is 10.2. The van der Waals surface area contributed by atoms with Crippen LogP contribution in [-0.2, 0) is 10.3 Å². The Labute approximate surface area is 159 Å². The summed E-state index contributed by atoms with van der Waals surface area (Å²) in [5.41, 5.74) is 1.45. The number of aromatic nitrogens is 2. The molecule has 1 aliphatic heterocycles. The summed E-state index contributed by atoms with van der Waals surface area (Å²) < 4.78 is 1.74. The van der Waals surface area contributed by atoms with Crippen LogP contribution in [0.25, 0.3) is 0 Å². The van der Waals surface area contributed by atoms with E-state index in [1.165, 1.54) is 11.9 Å². The molecule has 0 radical (unpaired) electrons. The van der Waals surface area contributed by atoms with Gasteiger partial charge in [0.2, 0.25) is 5.91 Å². The predicted molar refractivity (Wildman–Crippen MR) is 105 cm³/mol. The van der Waals surface area contributed by atoms with Crippen LogP contribution in [-0.4, -0.2) is 59.2 Å². The van der Waals surface area contributed by atoms with E-state index in [1.807, 2.05) is 39.0 Å². The topological polar surface area (TPSA) is 70.5 Å². The van der Waals surface area contributed by atoms with Crippen molar-refractivity contribution in [3.8, 4) is 0 Å². The van der Waals surface area contributed by atoms with E-state index in [4.69, 9.17) is 0 Å². The zero-order valence-corrected chi connectivity index (χ0v) is 16.2. The number of nitrogens with zero attached hydrogens (tertiary/aromatic N) is 4. The lowest BCUT2D eigenvalue weighted by molar-refractivity contribution is -0.130. The Morgan fingerprint density at radius 2 is 1.74 bits per heavy atom. The first-order valence-corrected chi connectivity index (χ1v) is 9.26. The van der Waals surface area contributed by atoms with Crippen LogP contribution in [0.1, 0.15) is 31.1 Å². The van der Waals surface area contributed by atoms with Crippen molar-refractivity contribution in [2.24, 2.45) is 0 Å². The number of anilines is 1. The van der Waals surface area contributed by atoms with Gasteiger partial charge in [0.1, 0.15) is 0 Å². The average Bonchev–Trinajstić information content (AvgIpc) is 3.17. The van der Waals surface area contributed by atoms with E-state index in [0.29, 0.717) is 18.7 Å². The molecule has 1 N–H and O–H groups in total. The highest BCUT2D eigenvalue weighted by molar-refractivity contribution is 5.96. The fourth-order valence-electron chi connectivity index (χ4n) is 3.03. The minimum Gasteiger partial charge on any atom is -0.368 e. The summed E-state index contributed by atoms with van der Waals surface area (Å²) >= 11 is 0. The standard InChI is InChI=1S/C20H27N5O2/c1-20(2,3)25-15-16(13-22-25)19(27)21-14-18(26)24-11-9-23(10-12-24)17-7-5-4-6-8-17/h4-8,13,15H,9-12,14H2,1-3H3,(H,21,27). The van der Waals surface area contributed by atoms with Crippen molar-refractivity contribution >= 4 is 17.5 Å². The molecule has 144 valence electrons. The lowest BCUT2D eigenvalue weighted by Gasteiger charge is -2.36. The number of carbonyl (C=O) groups is 2. The Balaban J connectivity index is 1.47. The summed E-state index contributed by atoms with van der Waals surface area (Å²) in [4.78, 5) is 28.8. The molecule has 0 spiro atoms. The molecule has 1 fully saturated rings. The summed E-state index contributed by atoms with van der Waals surface area (Å²) in [7, 11) is 0. The summed E-state index contributed by atoms with van der Waals surface area (Å²) in [6.07, 6.45) is 3.24. The van der Waals surface area contributed by atoms with Gasteiger partial charge >= 0.3 is 0 Å². The van der Waals surface area contributed by atoms with Gasteiger partial charge in [-0.3, -0.25) is 14.3 Å². The van der Waals surface area contributed by atoms with Gasteiger partial charge in [-0.15, -0.1) is 0 Å². The summed E-state index contributed by atoms with van der Waals surface area (Å²) in [6.45, 7) is 8.95. The zero-order valence-electron chi connectivity index (χ0n) is 16.2. The number of benzene rings is 1. The lowest BCUT2D eigenvalue weighted by Crippen LogP contribution is -2.51. The Kier molecular flexibility index (Phi) is 5.48. The van der Waals surface area contributed by atoms with E-state index in [2.05, 4.69) is 27.4 Å². The van der Waals surface area contributed by atoms with Crippen molar-refractivity contribution in [2.75, 3.05) is 37.6 Å². The van der Waals surface area contributed by atoms with Gasteiger partial charge in [-0.2, -0.15) is 5.10 Å². The fourth-order valence-corrected chi connectivity index (χ4v) is 3.03. The van der Waals surface area contributed by atoms with Crippen molar-refractivity contribution in [1.82, 2.24) is 20.0 Å². The highest BCUT2D eigenvalue weighted by atomic mass is 16.2. The smallest absolute Gasteiger partial charge is 0.254 e. The molecule has 1 aromatic carbocycles. The molecule has 2 amide bonds. The molecule has 3 rings (SSSR count). The summed E-state index contributed by atoms with van der Waals surface area (Å²) in [5.74, 6) is -0.332. The molecule has 0 bridgehead atoms. The SMILES string of the molecule is CC(C)(C)n1cc(C(=O)NCC(=O)N2CCN(c3ccccc3)CC2)cn1. The number of amides is 2. The van der Waals surface area contributed by atoms with Gasteiger partial charge in [0.25, 0.3) is 5.91 Å². The number of para-hydroxylation sites is 1. The lowest BCUT2D eigenvalue weighted by atomic mass is 10.1. The molecule has 0 unspecified atom stereocenters. The van der Waals surface area contributed by atoms with Gasteiger partial charge in [0.15, 0.2) is 0 Å². The van der Waals surface area contributed by atoms with Crippen LogP contribution in [0.15, 0.2) is 42.7 Å². The molecule has 27 heavy (non-hydrogen) atoms. The maximum Gasteiger partial charge on any atom is 0.254 e. The van der Waals surface area contributed by atoms with Gasteiger partial charge in [-0.05, 0) is 32.9 Å². The molecule has 2 heterocycles. The van der Waals surface area contributed by atoms with Gasteiger partial charge in [0, 0.05) is 38.1 Å². The highest BCUT2D eigenvalue weighted by Crippen LogP contribution is 2.16. The van der Waals surface area contributed by atoms with E-state index in [1.54, 1.807) is 15.8 Å². The first kappa shape index (κ1) is 18.9. The molecule has 2 aromatic rings. The minimum absolute atomic E-state index is 0.00483. The molecule has 1 aliphatic rings. The van der Waals surface area contributed by atoms with E-state index < -0.39 is 0 Å². The van der Waals surface area contributed by atoms with E-state index in [9.17, 15) is 9.59 Å². The van der Waals surface area contributed by atoms with Crippen molar-refractivity contribution in [3.63, 3.8) is 0 Å². The Morgan fingerprint density at radius 3 is 2.33 bits per heavy atom. The minimum atomic E-state index is -0.276. The summed E-state index contributed by atoms with van der Waals surface area (Å²) in [5, 5.41) is 6.92. The monoisotopic (exact) mass is 369 g/mol. The van der Waals surface area contributed by atoms with Crippen LogP contribution in [0.3, 0.4) is 0 Å². The normalized spacial score (nSPS) is 14.9. The van der Waals surface area contributed by atoms with Gasteiger partial charge in [-0.25, -0.2) is 0 Å². The number of piperazine rings is 1. The maximum atomic E-state index is 12.4. The van der Waals surface area contributed by atoms with Crippen LogP contribution in [0.4, 0.5) is 5.69 Å². The third-order valence-corrected chi connectivity index (χ3v) is 4.69. The van der Waals surface area contributed by atoms with Crippen LogP contribution in [0.2, 0.25) is 0 Å². The predicted octanol–water partition coefficient (Wildman–Crippen LogP) is 1.72. The molecule has 7 heteroatoms. The third-order valence-electron chi connectivity index (χ3n) is 4.69. The van der Waals surface area contributed by atoms with Crippen molar-refractivity contribution < 1.29 is 9.59 Å². The van der Waals surface area contributed by atoms with Crippen LogP contribution in [0, 0.1) is 0 Å². The molecule has 1 aromatic heterocycles. The Hall–Kier alpha value is -2.83. The fraction of sp³-hybridized carbons (Fsp3) is 0.450. The third kappa shape index (κ3) is 4.67. The second kappa shape index (κ2) is 7.82. The van der Waals surface area contributed by atoms with E-state index in [-0.39, 0.29) is 23.9 Å². The van der Waals surface area contributed by atoms with Crippen molar-refractivity contribution in [2.45, 2.75) is 26.3 Å². The Bertz CT molecular complexity index is 786. The number of carbonyl (C=O) groups excluding carboxylic acids is 2. The quantitative estimate of drug-likeness (QED) is 0.891. The van der Waals surface area contributed by atoms with E-state index in [0.717, 1.165) is 13.1 Å². The number of hydrogen-bond acceptors (Lipinski definition) is 4. The Morgan fingerprint density at radius 1 is 1.07 bits per heavy atom. The number of hydrogen-bond donors (Lipinski definition) is 1. The molecule has 1 saturated heterocycles. The molecule has 0 aliphatic carbocycles. The van der Waals surface area contributed by atoms with Crippen LogP contribution in [0.5, 0.6) is 0 Å². The van der Waals surface area contributed by atoms with Gasteiger partial charge in [-0.1, -0.05) is 18.2 Å². The van der Waals surface area contributed by atoms with Crippen molar-refractivity contribution in [3.05, 3.63) is 48.3 Å². The van der Waals surface area contributed by atoms with E-state index >= 15 is 0 Å². The van der Waals surface area contributed by atoms with Gasteiger partial charge in [0.05, 0.1) is 23.8 Å². The highest BCUT2D eigenvalue weighted by Gasteiger charge is 2.22.